The van der Waals surface area contributed by atoms with Gasteiger partial charge >= 0.3 is 0 Å². The number of carbonyl (C=O) groups excluding carboxylic acids is 1. The third-order valence-corrected chi connectivity index (χ3v) is 16.9. The lowest BCUT2D eigenvalue weighted by Crippen LogP contribution is -2.54. The Morgan fingerprint density at radius 3 is 2.51 bits per heavy atom. The number of anilines is 2. The van der Waals surface area contributed by atoms with Crippen molar-refractivity contribution in [3.8, 4) is 17.2 Å². The number of nitro benzene ring substituents is 1. The van der Waals surface area contributed by atoms with Crippen molar-refractivity contribution in [3.05, 3.63) is 105 Å². The van der Waals surface area contributed by atoms with Crippen LogP contribution in [0.4, 0.5) is 17.1 Å². The van der Waals surface area contributed by atoms with Crippen LogP contribution in [0.5, 0.6) is 17.2 Å². The van der Waals surface area contributed by atoms with E-state index in [0.717, 1.165) is 49.6 Å². The SMILES string of the molecule is Cc1nc2[nH]ccc2cc1Oc1cc(N2CCC3(CC2)CC(N2CCC[C@H]2c2ccccc2C(C)C)C3)ccc1C(=O)NS(=O)(=O)c1cc2c(c([N+](=O)[O-])c1)N[C@@H]([C@H]1CC[C@](C)(O)CC1)CO2. The molecule has 2 aromatic heterocycles. The molecule has 2 atom stereocenters. The maximum Gasteiger partial charge on any atom is 0.297 e. The number of H-pyrrole nitrogens is 1. The van der Waals surface area contributed by atoms with Gasteiger partial charge in [-0.15, -0.1) is 0 Å². The van der Waals surface area contributed by atoms with Crippen molar-refractivity contribution in [3.63, 3.8) is 0 Å². The molecule has 5 aromatic rings. The van der Waals surface area contributed by atoms with E-state index in [1.807, 2.05) is 25.1 Å². The lowest BCUT2D eigenvalue weighted by atomic mass is 9.59. The van der Waals surface area contributed by atoms with Crippen molar-refractivity contribution in [1.29, 1.82) is 0 Å². The molecule has 0 unspecified atom stereocenters. The van der Waals surface area contributed by atoms with Gasteiger partial charge in [-0.2, -0.15) is 0 Å². The zero-order valence-electron chi connectivity index (χ0n) is 38.7. The monoisotopic (exact) mass is 931 g/mol. The van der Waals surface area contributed by atoms with Gasteiger partial charge in [0, 0.05) is 60.6 Å². The van der Waals surface area contributed by atoms with Crippen molar-refractivity contribution >= 4 is 44.0 Å². The highest BCUT2D eigenvalue weighted by molar-refractivity contribution is 7.90. The van der Waals surface area contributed by atoms with E-state index in [-0.39, 0.29) is 41.3 Å². The minimum absolute atomic E-state index is 0.00552. The molecular weight excluding hydrogens is 871 g/mol. The fourth-order valence-electron chi connectivity index (χ4n) is 11.7. The van der Waals surface area contributed by atoms with E-state index in [0.29, 0.717) is 66.2 Å². The van der Waals surface area contributed by atoms with Crippen molar-refractivity contribution in [1.82, 2.24) is 19.6 Å². The van der Waals surface area contributed by atoms with Crippen molar-refractivity contribution in [2.24, 2.45) is 11.3 Å². The summed E-state index contributed by atoms with van der Waals surface area (Å²) in [7, 11) is -4.67. The zero-order chi connectivity index (χ0) is 46.8. The highest BCUT2D eigenvalue weighted by atomic mass is 32.2. The average Bonchev–Trinajstić information content (AvgIpc) is 3.97. The van der Waals surface area contributed by atoms with Gasteiger partial charge in [0.2, 0.25) is 0 Å². The highest BCUT2D eigenvalue weighted by Crippen LogP contribution is 2.54. The summed E-state index contributed by atoms with van der Waals surface area (Å²) < 4.78 is 42.7. The van der Waals surface area contributed by atoms with Crippen LogP contribution in [0, 0.1) is 28.4 Å². The molecule has 354 valence electrons. The Labute approximate surface area is 391 Å². The summed E-state index contributed by atoms with van der Waals surface area (Å²) in [6.07, 6.45) is 11.3. The summed E-state index contributed by atoms with van der Waals surface area (Å²) in [4.78, 5) is 38.3. The largest absolute Gasteiger partial charge is 0.489 e. The second-order valence-corrected chi connectivity index (χ2v) is 22.1. The fourth-order valence-corrected chi connectivity index (χ4v) is 12.7. The molecule has 4 N–H and O–H groups in total. The number of benzene rings is 3. The van der Waals surface area contributed by atoms with Gasteiger partial charge < -0.3 is 29.8 Å². The van der Waals surface area contributed by atoms with E-state index in [2.05, 4.69) is 67.9 Å². The zero-order valence-corrected chi connectivity index (χ0v) is 39.5. The Morgan fingerprint density at radius 1 is 1.00 bits per heavy atom. The molecule has 4 fully saturated rings. The molecule has 3 aliphatic heterocycles. The van der Waals surface area contributed by atoms with Gasteiger partial charge in [-0.05, 0) is 137 Å². The Bertz CT molecular complexity index is 2820. The second-order valence-electron chi connectivity index (χ2n) is 20.4. The molecule has 10 rings (SSSR count). The summed E-state index contributed by atoms with van der Waals surface area (Å²) in [6, 6.07) is 20.8. The van der Waals surface area contributed by atoms with Crippen LogP contribution in [-0.2, 0) is 10.0 Å². The Kier molecular flexibility index (Phi) is 11.7. The molecule has 15 nitrogen and oxygen atoms in total. The smallest absolute Gasteiger partial charge is 0.297 e. The van der Waals surface area contributed by atoms with Gasteiger partial charge in [-0.1, -0.05) is 38.1 Å². The van der Waals surface area contributed by atoms with Crippen LogP contribution in [0.1, 0.15) is 124 Å². The first-order valence-corrected chi connectivity index (χ1v) is 25.4. The van der Waals surface area contributed by atoms with E-state index < -0.39 is 37.0 Å². The van der Waals surface area contributed by atoms with Crippen LogP contribution in [0.25, 0.3) is 11.0 Å². The number of pyridine rings is 1. The molecule has 2 aliphatic carbocycles. The van der Waals surface area contributed by atoms with Gasteiger partial charge in [0.15, 0.2) is 11.4 Å². The van der Waals surface area contributed by atoms with Gasteiger partial charge in [-0.25, -0.2) is 18.1 Å². The lowest BCUT2D eigenvalue weighted by Gasteiger charge is -2.56. The number of nitrogens with one attached hydrogen (secondary N) is 3. The van der Waals surface area contributed by atoms with Gasteiger partial charge in [0.05, 0.1) is 32.7 Å². The molecule has 0 radical (unpaired) electrons. The first kappa shape index (κ1) is 45.1. The summed E-state index contributed by atoms with van der Waals surface area (Å²) in [6.45, 7) is 11.2. The van der Waals surface area contributed by atoms with Crippen LogP contribution in [0.2, 0.25) is 0 Å². The van der Waals surface area contributed by atoms with E-state index in [1.54, 1.807) is 25.3 Å². The third-order valence-electron chi connectivity index (χ3n) is 15.6. The molecule has 5 aliphatic rings. The predicted octanol–water partition coefficient (Wildman–Crippen LogP) is 9.51. The topological polar surface area (TPSA) is 192 Å². The number of amides is 1. The van der Waals surface area contributed by atoms with Crippen LogP contribution in [-0.4, -0.2) is 83.1 Å². The molecule has 16 heteroatoms. The van der Waals surface area contributed by atoms with Gasteiger partial charge in [-0.3, -0.25) is 19.8 Å². The molecule has 1 spiro atoms. The maximum atomic E-state index is 14.2. The predicted molar refractivity (Wildman–Crippen MR) is 257 cm³/mol. The molecule has 1 amide bonds. The van der Waals surface area contributed by atoms with E-state index in [1.165, 1.54) is 42.9 Å². The van der Waals surface area contributed by atoms with Crippen LogP contribution < -0.4 is 24.4 Å². The first-order valence-electron chi connectivity index (χ1n) is 23.9. The number of sulfonamides is 1. The Balaban J connectivity index is 0.866. The molecule has 67 heavy (non-hydrogen) atoms. The molecule has 0 bridgehead atoms. The molecule has 2 saturated heterocycles. The van der Waals surface area contributed by atoms with Gasteiger partial charge in [0.25, 0.3) is 21.6 Å². The number of carbonyl (C=O) groups is 1. The number of rotatable bonds is 11. The second kappa shape index (κ2) is 17.4. The number of aryl methyl sites for hydroxylation is 1. The number of aromatic nitrogens is 2. The molecule has 5 heterocycles. The van der Waals surface area contributed by atoms with Crippen LogP contribution >= 0.6 is 0 Å². The quantitative estimate of drug-likeness (QED) is 0.0726. The van der Waals surface area contributed by atoms with Crippen molar-refractivity contribution in [2.75, 3.05) is 36.5 Å². The fraction of sp³-hybridized carbons (Fsp3) is 0.490. The van der Waals surface area contributed by atoms with Crippen LogP contribution in [0.15, 0.2) is 77.8 Å². The first-order chi connectivity index (χ1) is 32.1. The summed E-state index contributed by atoms with van der Waals surface area (Å²) >= 11 is 0. The average molecular weight is 932 g/mol. The third kappa shape index (κ3) is 8.83. The number of aliphatic hydroxyl groups is 1. The van der Waals surface area contributed by atoms with Crippen LogP contribution in [0.3, 0.4) is 0 Å². The van der Waals surface area contributed by atoms with E-state index in [4.69, 9.17) is 9.47 Å². The number of fused-ring (bicyclic) bond motifs is 2. The molecule has 3 aromatic carbocycles. The number of aromatic amines is 1. The normalized spacial score (nSPS) is 24.2. The lowest BCUT2D eigenvalue weighted by molar-refractivity contribution is -0.384. The van der Waals surface area contributed by atoms with E-state index in [9.17, 15) is 28.4 Å². The minimum Gasteiger partial charge on any atom is -0.489 e. The highest BCUT2D eigenvalue weighted by Gasteiger charge is 2.50. The Hall–Kier alpha value is -5.71. The van der Waals surface area contributed by atoms with E-state index >= 15 is 0 Å². The van der Waals surface area contributed by atoms with Gasteiger partial charge in [0.1, 0.15) is 23.8 Å². The summed E-state index contributed by atoms with van der Waals surface area (Å²) in [5.74, 6) is 0.195. The number of ether oxygens (including phenoxy) is 2. The maximum absolute atomic E-state index is 14.2. The number of hydrogen-bond acceptors (Lipinski definition) is 12. The molecule has 2 saturated carbocycles. The Morgan fingerprint density at radius 2 is 1.76 bits per heavy atom. The molecular formula is C51H61N7O8S. The number of piperidine rings is 1. The van der Waals surface area contributed by atoms with Crippen molar-refractivity contribution in [2.45, 2.75) is 126 Å². The summed E-state index contributed by atoms with van der Waals surface area (Å²) in [5.41, 5.74) is 4.17. The standard InChI is InChI=1S/C51H61N7O8S/c1-31(2)38-8-5-6-9-39(38)42-10-7-21-57(42)36-28-51(29-36)18-22-56(23-19-51)35-11-12-40(45(25-35)66-44-24-34-15-20-52-48(34)53-32(44)3)49(59)55-67(63,64)37-26-43(58(61)62)47-46(27-37)65-30-41(54-47)33-13-16-50(4,60)17-14-33/h5-6,8-9,11-12,15,20,24-27,31,33,36,41-42,54,60H,7,10,13-14,16-19,21-23,28-30H2,1-4H3,(H,52,53)(H,55,59)/t33-,41-,42+,50-/m1/s1. The number of hydrogen-bond donors (Lipinski definition) is 4. The number of likely N-dealkylation sites (tertiary alicyclic amines) is 1. The minimum atomic E-state index is -4.67. The summed E-state index contributed by atoms with van der Waals surface area (Å²) in [5, 5.41) is 26.9. The number of nitro groups is 1. The number of nitrogens with zero attached hydrogens (tertiary/aromatic N) is 4. The van der Waals surface area contributed by atoms with Crippen molar-refractivity contribution < 1.29 is 32.7 Å².